The molecule has 43 heavy (non-hydrogen) atoms. The molecule has 10 heteroatoms. The van der Waals surface area contributed by atoms with Gasteiger partial charge in [0.05, 0.1) is 25.7 Å². The summed E-state index contributed by atoms with van der Waals surface area (Å²) in [5, 5.41) is -0.658. The van der Waals surface area contributed by atoms with Crippen molar-refractivity contribution in [2.45, 2.75) is 17.2 Å². The third kappa shape index (κ3) is 5.81. The van der Waals surface area contributed by atoms with Crippen LogP contribution in [0.15, 0.2) is 84.9 Å². The van der Waals surface area contributed by atoms with E-state index in [1.54, 1.807) is 48.3 Å². The van der Waals surface area contributed by atoms with E-state index in [0.717, 1.165) is 22.3 Å². The predicted molar refractivity (Wildman–Crippen MR) is 167 cm³/mol. The average Bonchev–Trinajstić information content (AvgIpc) is 3.60. The molecule has 220 valence electrons. The van der Waals surface area contributed by atoms with Gasteiger partial charge in [-0.25, -0.2) is 8.78 Å². The number of rotatable bonds is 8. The number of benzene rings is 4. The Kier molecular flexibility index (Phi) is 8.32. The number of hydrogen-bond donors (Lipinski definition) is 0. The van der Waals surface area contributed by atoms with E-state index in [1.807, 2.05) is 36.4 Å². The van der Waals surface area contributed by atoms with E-state index in [1.165, 1.54) is 47.8 Å². The summed E-state index contributed by atoms with van der Waals surface area (Å²) in [6, 6.07) is 23.8. The average molecular weight is 619 g/mol. The van der Waals surface area contributed by atoms with Crippen molar-refractivity contribution in [3.8, 4) is 11.5 Å². The van der Waals surface area contributed by atoms with Crippen LogP contribution < -0.4 is 19.3 Å². The number of carbonyl (C=O) groups is 2. The first-order valence-electron chi connectivity index (χ1n) is 13.6. The molecule has 2 amide bonds. The third-order valence-corrected chi connectivity index (χ3v) is 9.86. The Balaban J connectivity index is 1.32. The first-order valence-corrected chi connectivity index (χ1v) is 15.7. The zero-order valence-electron chi connectivity index (χ0n) is 23.5. The lowest BCUT2D eigenvalue weighted by Crippen LogP contribution is -2.28. The predicted octanol–water partition coefficient (Wildman–Crippen LogP) is 7.13. The molecule has 2 unspecified atom stereocenters. The van der Waals surface area contributed by atoms with Crippen LogP contribution >= 0.6 is 23.5 Å². The van der Waals surface area contributed by atoms with Crippen molar-refractivity contribution in [2.24, 2.45) is 0 Å². The van der Waals surface area contributed by atoms with Gasteiger partial charge in [-0.3, -0.25) is 19.4 Å². The maximum Gasteiger partial charge on any atom is 0.238 e. The van der Waals surface area contributed by atoms with Gasteiger partial charge < -0.3 is 9.47 Å². The van der Waals surface area contributed by atoms with Gasteiger partial charge in [-0.2, -0.15) is 0 Å². The van der Waals surface area contributed by atoms with Gasteiger partial charge in [-0.05, 0) is 90.3 Å². The lowest BCUT2D eigenvalue weighted by Gasteiger charge is -2.26. The van der Waals surface area contributed by atoms with Crippen LogP contribution in [0.25, 0.3) is 0 Å². The Morgan fingerprint density at radius 1 is 0.651 bits per heavy atom. The number of anilines is 2. The van der Waals surface area contributed by atoms with E-state index >= 15 is 0 Å². The van der Waals surface area contributed by atoms with E-state index < -0.39 is 0 Å². The maximum atomic E-state index is 13.6. The number of nitrogens with zero attached hydrogens (tertiary/aromatic N) is 2. The molecule has 2 saturated heterocycles. The van der Waals surface area contributed by atoms with Crippen molar-refractivity contribution in [2.75, 3.05) is 35.5 Å². The Labute approximate surface area is 257 Å². The van der Waals surface area contributed by atoms with Crippen LogP contribution in [0.4, 0.5) is 20.2 Å². The molecule has 2 fully saturated rings. The van der Waals surface area contributed by atoms with Gasteiger partial charge in [0.25, 0.3) is 0 Å². The second-order valence-corrected chi connectivity index (χ2v) is 12.3. The van der Waals surface area contributed by atoms with Crippen LogP contribution in [0.3, 0.4) is 0 Å². The number of thioether (sulfide) groups is 2. The van der Waals surface area contributed by atoms with E-state index in [0.29, 0.717) is 40.8 Å². The van der Waals surface area contributed by atoms with Gasteiger partial charge in [0, 0.05) is 22.5 Å². The smallest absolute Gasteiger partial charge is 0.238 e. The van der Waals surface area contributed by atoms with E-state index in [9.17, 15) is 18.4 Å². The second kappa shape index (κ2) is 12.3. The molecule has 2 heterocycles. The van der Waals surface area contributed by atoms with Crippen LogP contribution in [0.2, 0.25) is 0 Å². The highest BCUT2D eigenvalue weighted by atomic mass is 32.2. The highest BCUT2D eigenvalue weighted by Gasteiger charge is 2.37. The third-order valence-electron chi connectivity index (χ3n) is 7.47. The zero-order chi connectivity index (χ0) is 30.1. The summed E-state index contributed by atoms with van der Waals surface area (Å²) in [7, 11) is 3.21. The molecule has 0 aromatic heterocycles. The molecule has 4 aromatic carbocycles. The zero-order valence-corrected chi connectivity index (χ0v) is 25.1. The lowest BCUT2D eigenvalue weighted by molar-refractivity contribution is -0.116. The number of halogens is 2. The first-order chi connectivity index (χ1) is 20.9. The van der Waals surface area contributed by atoms with Gasteiger partial charge >= 0.3 is 0 Å². The van der Waals surface area contributed by atoms with Crippen LogP contribution in [0.5, 0.6) is 11.5 Å². The molecule has 4 aromatic rings. The van der Waals surface area contributed by atoms with E-state index in [4.69, 9.17) is 9.47 Å². The van der Waals surface area contributed by atoms with Gasteiger partial charge in [0.15, 0.2) is 0 Å². The van der Waals surface area contributed by atoms with Crippen LogP contribution in [-0.4, -0.2) is 37.5 Å². The number of carbonyl (C=O) groups excluding carboxylic acids is 2. The highest BCUT2D eigenvalue weighted by Crippen LogP contribution is 2.47. The monoisotopic (exact) mass is 618 g/mol. The van der Waals surface area contributed by atoms with Crippen molar-refractivity contribution < 1.29 is 27.8 Å². The molecule has 6 rings (SSSR count). The molecule has 0 aliphatic carbocycles. The number of methoxy groups -OCH3 is 2. The van der Waals surface area contributed by atoms with Crippen LogP contribution in [0.1, 0.15) is 33.0 Å². The summed E-state index contributed by atoms with van der Waals surface area (Å²) >= 11 is 3.00. The number of ether oxygens (including phenoxy) is 2. The van der Waals surface area contributed by atoms with Crippen molar-refractivity contribution in [1.82, 2.24) is 0 Å². The van der Waals surface area contributed by atoms with Crippen molar-refractivity contribution >= 4 is 46.7 Å². The molecule has 2 aliphatic heterocycles. The van der Waals surface area contributed by atoms with E-state index in [-0.39, 0.29) is 34.2 Å². The Morgan fingerprint density at radius 3 is 1.42 bits per heavy atom. The molecule has 2 atom stereocenters. The van der Waals surface area contributed by atoms with Crippen LogP contribution in [0, 0.1) is 11.6 Å². The Bertz CT molecular complexity index is 1540. The standard InChI is InChI=1S/C33H28F2N2O4S2/c1-40-28-13-3-20(16-26(28)32-36(30(38)18-42-32)24-9-5-22(34)6-10-24)15-21-4-14-29(41-2)27(17-21)33-37(31(39)19-43-33)25-11-7-23(35)8-12-25/h3-14,16-17,32-33H,15,18-19H2,1-2H3. The summed E-state index contributed by atoms with van der Waals surface area (Å²) in [4.78, 5) is 29.2. The molecule has 0 bridgehead atoms. The molecular weight excluding hydrogens is 591 g/mol. The molecule has 0 radical (unpaired) electrons. The van der Waals surface area contributed by atoms with Gasteiger partial charge in [0.2, 0.25) is 11.8 Å². The minimum Gasteiger partial charge on any atom is -0.496 e. The molecule has 2 aliphatic rings. The molecule has 0 N–H and O–H groups in total. The van der Waals surface area contributed by atoms with Gasteiger partial charge in [0.1, 0.15) is 33.9 Å². The van der Waals surface area contributed by atoms with E-state index in [2.05, 4.69) is 0 Å². The summed E-state index contributed by atoms with van der Waals surface area (Å²) in [5.41, 5.74) is 4.99. The van der Waals surface area contributed by atoms with Gasteiger partial charge in [-0.1, -0.05) is 12.1 Å². The summed E-state index contributed by atoms with van der Waals surface area (Å²) < 4.78 is 38.6. The number of hydrogen-bond acceptors (Lipinski definition) is 6. The van der Waals surface area contributed by atoms with Crippen molar-refractivity contribution in [3.05, 3.63) is 119 Å². The molecule has 6 nitrogen and oxygen atoms in total. The quantitative estimate of drug-likeness (QED) is 0.210. The highest BCUT2D eigenvalue weighted by molar-refractivity contribution is 8.01. The minimum absolute atomic E-state index is 0.0526. The molecular formula is C33H28F2N2O4S2. The summed E-state index contributed by atoms with van der Waals surface area (Å²) in [5.74, 6) is 1.10. The first kappa shape index (κ1) is 29.1. The topological polar surface area (TPSA) is 59.1 Å². The minimum atomic E-state index is -0.362. The molecule has 0 spiro atoms. The fourth-order valence-electron chi connectivity index (χ4n) is 5.48. The molecule has 0 saturated carbocycles. The van der Waals surface area contributed by atoms with Crippen molar-refractivity contribution in [3.63, 3.8) is 0 Å². The van der Waals surface area contributed by atoms with Crippen LogP contribution in [-0.2, 0) is 16.0 Å². The van der Waals surface area contributed by atoms with Gasteiger partial charge in [-0.15, -0.1) is 23.5 Å². The lowest BCUT2D eigenvalue weighted by atomic mass is 9.99. The fraction of sp³-hybridized carbons (Fsp3) is 0.212. The normalized spacial score (nSPS) is 18.4. The maximum absolute atomic E-state index is 13.6. The summed E-state index contributed by atoms with van der Waals surface area (Å²) in [6.45, 7) is 0. The summed E-state index contributed by atoms with van der Waals surface area (Å²) in [6.07, 6.45) is 0.581. The fourth-order valence-corrected chi connectivity index (χ4v) is 7.86. The Morgan fingerprint density at radius 2 is 1.05 bits per heavy atom. The largest absolute Gasteiger partial charge is 0.496 e. The second-order valence-electron chi connectivity index (χ2n) is 10.1. The van der Waals surface area contributed by atoms with Crippen molar-refractivity contribution in [1.29, 1.82) is 0 Å². The Hall–Kier alpha value is -4.02. The SMILES string of the molecule is COc1ccc(Cc2ccc(OC)c(C3SCC(=O)N3c3ccc(F)cc3)c2)cc1C1SCC(=O)N1c1ccc(F)cc1. The number of amides is 2.